The Bertz CT molecular complexity index is 1380. The van der Waals surface area contributed by atoms with E-state index in [4.69, 9.17) is 24.5 Å². The summed E-state index contributed by atoms with van der Waals surface area (Å²) in [6.07, 6.45) is 3.92. The average molecular weight is 476 g/mol. The number of hydrogen-bond donors (Lipinski definition) is 2. The van der Waals surface area contributed by atoms with Crippen molar-refractivity contribution in [2.45, 2.75) is 44.6 Å². The van der Waals surface area contributed by atoms with Crippen LogP contribution >= 0.6 is 11.3 Å². The third-order valence-electron chi connectivity index (χ3n) is 6.83. The number of rotatable bonds is 6. The van der Waals surface area contributed by atoms with E-state index in [2.05, 4.69) is 23.5 Å². The third kappa shape index (κ3) is 4.03. The summed E-state index contributed by atoms with van der Waals surface area (Å²) in [5, 5.41) is 14.9. The van der Waals surface area contributed by atoms with Gasteiger partial charge >= 0.3 is 5.97 Å². The molecule has 1 saturated carbocycles. The molecule has 1 fully saturated rings. The number of thiophene rings is 1. The predicted octanol–water partition coefficient (Wildman–Crippen LogP) is 5.93. The summed E-state index contributed by atoms with van der Waals surface area (Å²) in [5.41, 5.74) is 1.09. The number of carbonyl (C=O) groups is 1. The van der Waals surface area contributed by atoms with E-state index in [0.29, 0.717) is 6.54 Å². The molecule has 174 valence electrons. The van der Waals surface area contributed by atoms with Crippen molar-refractivity contribution in [2.24, 2.45) is 5.92 Å². The molecule has 0 atom stereocenters. The van der Waals surface area contributed by atoms with Gasteiger partial charge in [-0.3, -0.25) is 4.79 Å². The second-order valence-electron chi connectivity index (χ2n) is 9.07. The molecule has 1 aliphatic heterocycles. The molecule has 6 rings (SSSR count). The van der Waals surface area contributed by atoms with E-state index in [0.717, 1.165) is 70.0 Å². The number of nitrogens with one attached hydrogen (secondary N) is 1. The Morgan fingerprint density at radius 3 is 2.74 bits per heavy atom. The third-order valence-corrected chi connectivity index (χ3v) is 7.89. The van der Waals surface area contributed by atoms with Gasteiger partial charge in [0.15, 0.2) is 11.5 Å². The number of nitrogens with zero attached hydrogens (tertiary/aromatic N) is 2. The molecular weight excluding hydrogens is 450 g/mol. The zero-order valence-corrected chi connectivity index (χ0v) is 19.4. The van der Waals surface area contributed by atoms with Gasteiger partial charge in [-0.25, -0.2) is 9.97 Å². The SMILES string of the molecule is O=C(O)CC1CCC(c2nc(NCc3ccc4c(c3)OCO4)c3c(n2)sc2ccccc23)CC1. The van der Waals surface area contributed by atoms with E-state index in [1.54, 1.807) is 11.3 Å². The van der Waals surface area contributed by atoms with Crippen LogP contribution in [-0.4, -0.2) is 27.8 Å². The highest BCUT2D eigenvalue weighted by molar-refractivity contribution is 7.25. The van der Waals surface area contributed by atoms with Gasteiger partial charge in [0.25, 0.3) is 0 Å². The van der Waals surface area contributed by atoms with Crippen molar-refractivity contribution in [3.63, 3.8) is 0 Å². The van der Waals surface area contributed by atoms with E-state index in [1.165, 1.54) is 4.70 Å². The molecule has 0 unspecified atom stereocenters. The highest BCUT2D eigenvalue weighted by Gasteiger charge is 2.27. The predicted molar refractivity (Wildman–Crippen MR) is 132 cm³/mol. The maximum atomic E-state index is 11.1. The molecule has 0 saturated heterocycles. The van der Waals surface area contributed by atoms with E-state index in [-0.39, 0.29) is 25.0 Å². The van der Waals surface area contributed by atoms with E-state index in [1.807, 2.05) is 24.3 Å². The van der Waals surface area contributed by atoms with Crippen molar-refractivity contribution in [3.8, 4) is 11.5 Å². The van der Waals surface area contributed by atoms with Crippen LogP contribution in [0, 0.1) is 5.92 Å². The summed E-state index contributed by atoms with van der Waals surface area (Å²) < 4.78 is 12.2. The lowest BCUT2D eigenvalue weighted by molar-refractivity contribution is -0.138. The Morgan fingerprint density at radius 2 is 1.88 bits per heavy atom. The Labute approximate surface area is 200 Å². The minimum atomic E-state index is -0.707. The van der Waals surface area contributed by atoms with Crippen molar-refractivity contribution in [1.82, 2.24) is 9.97 Å². The smallest absolute Gasteiger partial charge is 0.303 e. The van der Waals surface area contributed by atoms with Gasteiger partial charge in [-0.05, 0) is 55.4 Å². The number of benzene rings is 2. The lowest BCUT2D eigenvalue weighted by Gasteiger charge is -2.27. The standard InChI is InChI=1S/C26H25N3O4S/c30-22(31)12-15-5-8-17(9-6-15)24-28-25(23-18-3-1-2-4-21(18)34-26(23)29-24)27-13-16-7-10-19-20(11-16)33-14-32-19/h1-4,7,10-11,15,17H,5-6,8-9,12-14H2,(H,30,31)(H,27,28,29). The first-order valence-electron chi connectivity index (χ1n) is 11.7. The van der Waals surface area contributed by atoms with Gasteiger partial charge in [-0.2, -0.15) is 0 Å². The summed E-state index contributed by atoms with van der Waals surface area (Å²) in [6, 6.07) is 14.3. The Balaban J connectivity index is 1.32. The van der Waals surface area contributed by atoms with E-state index in [9.17, 15) is 4.79 Å². The summed E-state index contributed by atoms with van der Waals surface area (Å²) >= 11 is 1.70. The number of ether oxygens (including phenoxy) is 2. The largest absolute Gasteiger partial charge is 0.481 e. The molecule has 3 heterocycles. The zero-order valence-electron chi connectivity index (χ0n) is 18.6. The lowest BCUT2D eigenvalue weighted by Crippen LogP contribution is -2.18. The van der Waals surface area contributed by atoms with Crippen LogP contribution in [-0.2, 0) is 11.3 Å². The normalized spacial score (nSPS) is 19.5. The molecule has 2 aliphatic rings. The van der Waals surface area contributed by atoms with Gasteiger partial charge in [0.05, 0.1) is 5.39 Å². The van der Waals surface area contributed by atoms with Crippen LogP contribution < -0.4 is 14.8 Å². The summed E-state index contributed by atoms with van der Waals surface area (Å²) in [7, 11) is 0. The highest BCUT2D eigenvalue weighted by Crippen LogP contribution is 2.41. The molecule has 2 N–H and O–H groups in total. The van der Waals surface area contributed by atoms with E-state index < -0.39 is 5.97 Å². The molecule has 1 aliphatic carbocycles. The number of carboxylic acid groups (broad SMARTS) is 1. The molecule has 8 heteroatoms. The number of carboxylic acids is 1. The second-order valence-corrected chi connectivity index (χ2v) is 10.1. The topological polar surface area (TPSA) is 93.6 Å². The second kappa shape index (κ2) is 8.76. The van der Waals surface area contributed by atoms with Gasteiger partial charge < -0.3 is 19.9 Å². The van der Waals surface area contributed by atoms with Crippen molar-refractivity contribution in [2.75, 3.05) is 12.1 Å². The maximum Gasteiger partial charge on any atom is 0.303 e. The number of fused-ring (bicyclic) bond motifs is 4. The molecule has 4 aromatic rings. The first-order valence-corrected chi connectivity index (χ1v) is 12.5. The van der Waals surface area contributed by atoms with Crippen LogP contribution in [0.4, 0.5) is 5.82 Å². The molecule has 2 aromatic carbocycles. The van der Waals surface area contributed by atoms with Gasteiger partial charge in [0.2, 0.25) is 6.79 Å². The van der Waals surface area contributed by atoms with Gasteiger partial charge in [-0.1, -0.05) is 24.3 Å². The van der Waals surface area contributed by atoms with Crippen LogP contribution in [0.3, 0.4) is 0 Å². The van der Waals surface area contributed by atoms with Crippen molar-refractivity contribution < 1.29 is 19.4 Å². The molecule has 2 aromatic heterocycles. The van der Waals surface area contributed by atoms with Crippen LogP contribution in [0.5, 0.6) is 11.5 Å². The highest BCUT2D eigenvalue weighted by atomic mass is 32.1. The van der Waals surface area contributed by atoms with Crippen LogP contribution in [0.2, 0.25) is 0 Å². The number of aromatic nitrogens is 2. The molecule has 7 nitrogen and oxygen atoms in total. The minimum absolute atomic E-state index is 0.255. The molecule has 0 radical (unpaired) electrons. The van der Waals surface area contributed by atoms with Gasteiger partial charge in [-0.15, -0.1) is 11.3 Å². The Morgan fingerprint density at radius 1 is 1.06 bits per heavy atom. The Hall–Kier alpha value is -3.39. The van der Waals surface area contributed by atoms with Crippen molar-refractivity contribution in [1.29, 1.82) is 0 Å². The summed E-state index contributed by atoms with van der Waals surface area (Å²) in [4.78, 5) is 22.1. The van der Waals surface area contributed by atoms with E-state index >= 15 is 0 Å². The number of aliphatic carboxylic acids is 1. The molecule has 0 spiro atoms. The van der Waals surface area contributed by atoms with Gasteiger partial charge in [0.1, 0.15) is 16.5 Å². The number of anilines is 1. The van der Waals surface area contributed by atoms with Crippen molar-refractivity contribution in [3.05, 3.63) is 53.9 Å². The lowest BCUT2D eigenvalue weighted by atomic mass is 9.80. The number of hydrogen-bond acceptors (Lipinski definition) is 7. The minimum Gasteiger partial charge on any atom is -0.481 e. The fraction of sp³-hybridized carbons (Fsp3) is 0.346. The quantitative estimate of drug-likeness (QED) is 0.357. The fourth-order valence-electron chi connectivity index (χ4n) is 5.06. The van der Waals surface area contributed by atoms with Crippen LogP contribution in [0.15, 0.2) is 42.5 Å². The average Bonchev–Trinajstić information content (AvgIpc) is 3.46. The zero-order chi connectivity index (χ0) is 23.1. The molecular formula is C26H25N3O4S. The Kier molecular flexibility index (Phi) is 5.45. The van der Waals surface area contributed by atoms with Crippen molar-refractivity contribution >= 4 is 43.4 Å². The first-order chi connectivity index (χ1) is 16.6. The maximum absolute atomic E-state index is 11.1. The fourth-order valence-corrected chi connectivity index (χ4v) is 6.14. The molecule has 34 heavy (non-hydrogen) atoms. The summed E-state index contributed by atoms with van der Waals surface area (Å²) in [6.45, 7) is 0.870. The first kappa shape index (κ1) is 21.2. The molecule has 0 bridgehead atoms. The van der Waals surface area contributed by atoms with Gasteiger partial charge in [0, 0.05) is 29.0 Å². The van der Waals surface area contributed by atoms with Crippen LogP contribution in [0.25, 0.3) is 20.3 Å². The summed E-state index contributed by atoms with van der Waals surface area (Å²) in [5.74, 6) is 3.06. The monoisotopic (exact) mass is 475 g/mol. The molecule has 0 amide bonds. The van der Waals surface area contributed by atoms with Crippen LogP contribution in [0.1, 0.15) is 49.4 Å².